The molecule has 1 saturated carbocycles. The van der Waals surface area contributed by atoms with Crippen LogP contribution in [-0.4, -0.2) is 42.1 Å². The van der Waals surface area contributed by atoms with Crippen molar-refractivity contribution in [2.24, 2.45) is 59.2 Å². The van der Waals surface area contributed by atoms with Gasteiger partial charge in [-0.25, -0.2) is 0 Å². The summed E-state index contributed by atoms with van der Waals surface area (Å²) in [5, 5.41) is 0. The molecule has 0 aliphatic heterocycles. The smallest absolute Gasteiger partial charge is 0 e. The largest absolute Gasteiger partial charge is 0.0807 e. The van der Waals surface area contributed by atoms with Crippen LogP contribution in [0.15, 0.2) is 146 Å². The zero-order valence-corrected chi connectivity index (χ0v) is 67.5. The maximum atomic E-state index is 2.17. The normalized spacial score (nSPS) is 9.30. The third kappa shape index (κ3) is 796. The van der Waals surface area contributed by atoms with Gasteiger partial charge in [-0.3, -0.25) is 0 Å². The molecule has 5 heteroatoms. The first-order valence-electron chi connectivity index (χ1n) is 33.8. The average Bonchev–Trinajstić information content (AvgIpc) is 3.61. The van der Waals surface area contributed by atoms with Gasteiger partial charge in [0.15, 0.2) is 0 Å². The highest BCUT2D eigenvalue weighted by atomic mass is 14.0. The Bertz CT molecular complexity index is 980. The van der Waals surface area contributed by atoms with Crippen molar-refractivity contribution in [1.82, 2.24) is 0 Å². The van der Waals surface area contributed by atoms with E-state index in [4.69, 9.17) is 0 Å². The van der Waals surface area contributed by atoms with Crippen LogP contribution in [0, 0.1) is 59.2 Å². The topological polar surface area (TPSA) is 0 Å². The lowest BCUT2D eigenvalue weighted by Gasteiger charge is -1.79. The Balaban J connectivity index is -0.0000000171. The summed E-state index contributed by atoms with van der Waals surface area (Å²) in [5.41, 5.74) is 0. The minimum atomic E-state index is 0. The van der Waals surface area contributed by atoms with E-state index in [0.717, 1.165) is 72.0 Å². The zero-order chi connectivity index (χ0) is 67.7. The van der Waals surface area contributed by atoms with Gasteiger partial charge < -0.3 is 0 Å². The average molecular weight is 1290 g/mol. The molecule has 557 valence electrons. The third-order valence-electron chi connectivity index (χ3n) is 4.34. The molecule has 0 saturated heterocycles. The third-order valence-corrected chi connectivity index (χ3v) is 4.34. The van der Waals surface area contributed by atoms with Crippen LogP contribution in [0.3, 0.4) is 0 Å². The van der Waals surface area contributed by atoms with Gasteiger partial charge in [-0.2, -0.15) is 0 Å². The summed E-state index contributed by atoms with van der Waals surface area (Å²) in [5.74, 6) is 8.33. The highest BCUT2D eigenvalue weighted by Gasteiger charge is 1.95. The Labute approximate surface area is 610 Å². The monoisotopic (exact) mass is 1290 g/mol. The van der Waals surface area contributed by atoms with Gasteiger partial charge in [0.1, 0.15) is 0 Å². The van der Waals surface area contributed by atoms with Gasteiger partial charge in [0, 0.05) is 49.2 Å². The van der Waals surface area contributed by atoms with E-state index in [2.05, 4.69) is 256 Å². The van der Waals surface area contributed by atoms with Crippen molar-refractivity contribution < 1.29 is 7.13 Å². The second-order valence-corrected chi connectivity index (χ2v) is 24.4. The zero-order valence-electron chi connectivity index (χ0n) is 67.5. The molecule has 0 unspecified atom stereocenters. The predicted molar refractivity (Wildman–Crippen MR) is 475 cm³/mol. The molecule has 91 heavy (non-hydrogen) atoms. The fourth-order valence-electron chi connectivity index (χ4n) is 2.70. The fourth-order valence-corrected chi connectivity index (χ4v) is 2.70. The van der Waals surface area contributed by atoms with Gasteiger partial charge in [0.25, 0.3) is 0 Å². The molecule has 3 aliphatic rings. The second-order valence-electron chi connectivity index (χ2n) is 24.4. The Hall–Kier alpha value is -2.80. The van der Waals surface area contributed by atoms with E-state index < -0.39 is 0 Å². The van der Waals surface area contributed by atoms with Crippen LogP contribution in [0.5, 0.6) is 0 Å². The first-order chi connectivity index (χ1) is 37.8. The van der Waals surface area contributed by atoms with Crippen LogP contribution in [0.4, 0.5) is 0 Å². The Morgan fingerprint density at radius 3 is 0.297 bits per heavy atom. The lowest BCUT2D eigenvalue weighted by atomic mass is 10.3. The molecule has 0 bridgehead atoms. The van der Waals surface area contributed by atoms with E-state index in [9.17, 15) is 0 Å². The van der Waals surface area contributed by atoms with Crippen molar-refractivity contribution in [2.45, 2.75) is 359 Å². The summed E-state index contributed by atoms with van der Waals surface area (Å²) in [6.07, 6.45) is 34.5. The van der Waals surface area contributed by atoms with Crippen LogP contribution >= 0.6 is 0 Å². The number of hydrogen-bond acceptors (Lipinski definition) is 0. The van der Waals surface area contributed by atoms with E-state index in [1.54, 1.807) is 0 Å². The lowest BCUT2D eigenvalue weighted by Crippen LogP contribution is -1.66. The van der Waals surface area contributed by atoms with Crippen LogP contribution in [0.1, 0.15) is 366 Å². The standard InChI is InChI=1S/2C7H8.2C6H6.C5H10.10C4H10.5C2H6.5CH4.5B.5H2/c2*1-2-4-6-7-5-3-1;2*1-2-4-6-5-3-1;1-2-4-5-3-1;10*1-4(2)3;5*1-2;;;;;;;;;;;;;;;/h2*1-6H,7H2;2*1-6H;1-5H2;10*4H,1-3H3;5*1-2H3;5*1H4;;;;;;5*1H/i;;;;;;;;;;;;;;;;;;;;;;;;;;;;;;5*1+1. The maximum absolute atomic E-state index is 2.17. The molecule has 5 rings (SSSR count). The van der Waals surface area contributed by atoms with Crippen molar-refractivity contribution in [1.29, 1.82) is 0 Å². The molecule has 0 nitrogen and oxygen atoms in total. The molecule has 0 heterocycles. The van der Waals surface area contributed by atoms with Crippen molar-refractivity contribution >= 4 is 42.1 Å². The van der Waals surface area contributed by atoms with Crippen LogP contribution in [0.25, 0.3) is 0 Å². The number of rotatable bonds is 0. The van der Waals surface area contributed by atoms with E-state index >= 15 is 0 Å². The summed E-state index contributed by atoms with van der Waals surface area (Å²) in [6.45, 7) is 85.0. The van der Waals surface area contributed by atoms with Crippen molar-refractivity contribution in [3.63, 3.8) is 0 Å². The minimum absolute atomic E-state index is 0. The van der Waals surface area contributed by atoms with Gasteiger partial charge in [-0.15, -0.1) is 0 Å². The molecule has 0 aromatic heterocycles. The Morgan fingerprint density at radius 2 is 0.231 bits per heavy atom. The van der Waals surface area contributed by atoms with Gasteiger partial charge >= 0.3 is 0 Å². The maximum Gasteiger partial charge on any atom is 0 e. The summed E-state index contributed by atoms with van der Waals surface area (Å²) < 4.78 is 0. The van der Waals surface area contributed by atoms with Crippen LogP contribution in [-0.2, 0) is 0 Å². The quantitative estimate of drug-likeness (QED) is 0.231. The van der Waals surface area contributed by atoms with Gasteiger partial charge in [0.2, 0.25) is 0 Å². The molecular weight excluding hydrogens is 1090 g/mol. The number of benzene rings is 2. The molecule has 0 spiro atoms. The molecule has 0 N–H and O–H groups in total. The summed E-state index contributed by atoms with van der Waals surface area (Å²) >= 11 is 0. The molecule has 3 aliphatic carbocycles. The first-order valence-corrected chi connectivity index (χ1v) is 33.8. The first kappa shape index (κ1) is 168. The Kier molecular flexibility index (Phi) is 353. The molecule has 0 atom stereocenters. The number of hydrogen-bond donors (Lipinski definition) is 0. The second kappa shape index (κ2) is 191. The highest BCUT2D eigenvalue weighted by Crippen LogP contribution is 2.15. The van der Waals surface area contributed by atoms with Crippen LogP contribution in [0.2, 0.25) is 0 Å². The predicted octanol–water partition coefficient (Wildman–Crippen LogP) is 33.7. The molecule has 2 aromatic carbocycles. The Morgan fingerprint density at radius 1 is 0.165 bits per heavy atom. The SMILES string of the molecule is C.C.C.C.C.C1=CC=CCC=C1.C1=CC=CCC=C1.C1CCCC1.CC.CC.CC.CC.CC.CC(C)C.CC(C)C.CC(C)C.CC(C)C.CC(C)C.CC(C)C.CC(C)C.CC(C)C.CC(C)C.CC(C)C.[2HH].[2HH].[2HH].[2HH].[2HH].[B].[B].[B].[B].[B].c1ccccc1.c1ccccc1. The van der Waals surface area contributed by atoms with E-state index in [0.29, 0.717) is 0 Å². The lowest BCUT2D eigenvalue weighted by molar-refractivity contribution is 0.736. The molecular formula is C86H198B5. The molecule has 0 amide bonds. The van der Waals surface area contributed by atoms with Gasteiger partial charge in [0.05, 0.1) is 0 Å². The van der Waals surface area contributed by atoms with Crippen LogP contribution < -0.4 is 0 Å². The van der Waals surface area contributed by atoms with Crippen molar-refractivity contribution in [2.75, 3.05) is 0 Å². The van der Waals surface area contributed by atoms with Gasteiger partial charge in [-0.05, 0) is 72.0 Å². The van der Waals surface area contributed by atoms with Crippen molar-refractivity contribution in [3.8, 4) is 0 Å². The van der Waals surface area contributed by atoms with Gasteiger partial charge in [-0.1, -0.05) is 492 Å². The molecule has 2 aromatic rings. The molecule has 1 fully saturated rings. The summed E-state index contributed by atoms with van der Waals surface area (Å²) in [6, 6.07) is 24.0. The number of allylic oxidation sites excluding steroid dienone is 12. The highest BCUT2D eigenvalue weighted by molar-refractivity contribution is 5.76. The van der Waals surface area contributed by atoms with E-state index in [1.165, 1.54) is 32.1 Å². The molecule has 15 radical (unpaired) electrons. The van der Waals surface area contributed by atoms with E-state index in [-0.39, 0.29) is 86.3 Å². The van der Waals surface area contributed by atoms with Crippen molar-refractivity contribution in [3.05, 3.63) is 146 Å². The summed E-state index contributed by atoms with van der Waals surface area (Å²) in [4.78, 5) is 0. The summed E-state index contributed by atoms with van der Waals surface area (Å²) in [7, 11) is 0. The van der Waals surface area contributed by atoms with E-state index in [1.807, 2.05) is 166 Å². The fraction of sp³-hybridized carbons (Fsp3) is 0.721. The minimum Gasteiger partial charge on any atom is -0.0807 e.